The third-order valence-corrected chi connectivity index (χ3v) is 5.40. The van der Waals surface area contributed by atoms with Crippen molar-refractivity contribution in [3.8, 4) is 17.4 Å². The summed E-state index contributed by atoms with van der Waals surface area (Å²) in [5, 5.41) is 0. The first kappa shape index (κ1) is 18.6. The molecule has 0 aliphatic rings. The van der Waals surface area contributed by atoms with Crippen LogP contribution in [-0.2, 0) is 10.0 Å². The molecular formula is C20H17N5O3S. The fraction of sp³-hybridized carbons (Fsp3) is 0.0500. The summed E-state index contributed by atoms with van der Waals surface area (Å²) in [4.78, 5) is 12.5. The van der Waals surface area contributed by atoms with Crippen molar-refractivity contribution in [1.29, 1.82) is 0 Å². The minimum atomic E-state index is -3.66. The SMILES string of the molecule is Cc1cccc(S(=O)(=O)Nc2ccc(Oc3cc(-n4ccnc4)ncn3)cc2)c1. The molecule has 9 heteroatoms. The van der Waals surface area contributed by atoms with Crippen LogP contribution in [0.1, 0.15) is 5.56 Å². The Morgan fingerprint density at radius 2 is 1.86 bits per heavy atom. The topological polar surface area (TPSA) is 99.0 Å². The summed E-state index contributed by atoms with van der Waals surface area (Å²) in [6.45, 7) is 1.84. The number of anilines is 1. The molecule has 1 N–H and O–H groups in total. The van der Waals surface area contributed by atoms with Crippen LogP contribution in [0.5, 0.6) is 11.6 Å². The number of aromatic nitrogens is 4. The van der Waals surface area contributed by atoms with E-state index in [1.165, 1.54) is 6.33 Å². The maximum atomic E-state index is 12.5. The molecule has 0 fully saturated rings. The van der Waals surface area contributed by atoms with Crippen LogP contribution in [0.2, 0.25) is 0 Å². The van der Waals surface area contributed by atoms with E-state index in [-0.39, 0.29) is 4.90 Å². The Kier molecular flexibility index (Phi) is 4.96. The van der Waals surface area contributed by atoms with Gasteiger partial charge in [0.2, 0.25) is 5.88 Å². The lowest BCUT2D eigenvalue weighted by molar-refractivity contribution is 0.461. The summed E-state index contributed by atoms with van der Waals surface area (Å²) < 4.78 is 35.1. The first-order valence-corrected chi connectivity index (χ1v) is 10.2. The molecule has 0 spiro atoms. The first-order valence-electron chi connectivity index (χ1n) is 8.67. The molecule has 29 heavy (non-hydrogen) atoms. The number of hydrogen-bond donors (Lipinski definition) is 1. The minimum Gasteiger partial charge on any atom is -0.439 e. The molecule has 4 aromatic rings. The summed E-state index contributed by atoms with van der Waals surface area (Å²) in [6, 6.07) is 15.0. The number of aryl methyl sites for hydroxylation is 1. The second-order valence-electron chi connectivity index (χ2n) is 6.23. The second-order valence-corrected chi connectivity index (χ2v) is 7.92. The van der Waals surface area contributed by atoms with Crippen molar-refractivity contribution in [2.75, 3.05) is 4.72 Å². The van der Waals surface area contributed by atoms with E-state index in [0.29, 0.717) is 23.1 Å². The Bertz CT molecular complexity index is 1220. The number of nitrogens with zero attached hydrogens (tertiary/aromatic N) is 4. The fourth-order valence-corrected chi connectivity index (χ4v) is 3.79. The van der Waals surface area contributed by atoms with Crippen LogP contribution in [0.25, 0.3) is 5.82 Å². The smallest absolute Gasteiger partial charge is 0.261 e. The highest BCUT2D eigenvalue weighted by Crippen LogP contribution is 2.24. The van der Waals surface area contributed by atoms with Crippen LogP contribution in [0.4, 0.5) is 5.69 Å². The Labute approximate surface area is 167 Å². The van der Waals surface area contributed by atoms with Gasteiger partial charge in [-0.25, -0.2) is 23.4 Å². The zero-order valence-electron chi connectivity index (χ0n) is 15.4. The van der Waals surface area contributed by atoms with Gasteiger partial charge in [-0.2, -0.15) is 0 Å². The number of imidazole rings is 1. The van der Waals surface area contributed by atoms with E-state index in [0.717, 1.165) is 5.56 Å². The van der Waals surface area contributed by atoms with Gasteiger partial charge in [-0.05, 0) is 48.9 Å². The number of sulfonamides is 1. The van der Waals surface area contributed by atoms with E-state index in [4.69, 9.17) is 4.74 Å². The zero-order chi connectivity index (χ0) is 20.3. The summed E-state index contributed by atoms with van der Waals surface area (Å²) in [7, 11) is -3.66. The van der Waals surface area contributed by atoms with E-state index in [9.17, 15) is 8.42 Å². The van der Waals surface area contributed by atoms with Gasteiger partial charge in [0.1, 0.15) is 24.2 Å². The van der Waals surface area contributed by atoms with E-state index in [1.807, 2.05) is 13.0 Å². The lowest BCUT2D eigenvalue weighted by Crippen LogP contribution is -2.12. The number of benzene rings is 2. The normalized spacial score (nSPS) is 11.2. The molecule has 0 aliphatic carbocycles. The Morgan fingerprint density at radius 1 is 1.03 bits per heavy atom. The van der Waals surface area contributed by atoms with Gasteiger partial charge in [-0.1, -0.05) is 12.1 Å². The molecule has 0 amide bonds. The molecule has 0 aliphatic heterocycles. The Balaban J connectivity index is 1.48. The van der Waals surface area contributed by atoms with Crippen LogP contribution >= 0.6 is 0 Å². The second kappa shape index (κ2) is 7.72. The highest BCUT2D eigenvalue weighted by atomic mass is 32.2. The largest absolute Gasteiger partial charge is 0.439 e. The molecule has 4 rings (SSSR count). The monoisotopic (exact) mass is 407 g/mol. The van der Waals surface area contributed by atoms with Gasteiger partial charge in [0.15, 0.2) is 0 Å². The molecular weight excluding hydrogens is 390 g/mol. The highest BCUT2D eigenvalue weighted by molar-refractivity contribution is 7.92. The van der Waals surface area contributed by atoms with E-state index in [1.54, 1.807) is 71.8 Å². The molecule has 2 aromatic heterocycles. The molecule has 0 radical (unpaired) electrons. The number of nitrogens with one attached hydrogen (secondary N) is 1. The number of ether oxygens (including phenoxy) is 1. The Hall–Kier alpha value is -3.72. The van der Waals surface area contributed by atoms with Gasteiger partial charge in [-0.15, -0.1) is 0 Å². The van der Waals surface area contributed by atoms with Crippen LogP contribution < -0.4 is 9.46 Å². The lowest BCUT2D eigenvalue weighted by Gasteiger charge is -2.10. The maximum Gasteiger partial charge on any atom is 0.261 e. The number of rotatable bonds is 6. The van der Waals surface area contributed by atoms with E-state index >= 15 is 0 Å². The molecule has 0 saturated carbocycles. The molecule has 0 unspecified atom stereocenters. The minimum absolute atomic E-state index is 0.214. The average Bonchev–Trinajstić information content (AvgIpc) is 3.25. The molecule has 146 valence electrons. The molecule has 2 aromatic carbocycles. The summed E-state index contributed by atoms with van der Waals surface area (Å²) in [5.74, 6) is 1.49. The van der Waals surface area contributed by atoms with Crippen molar-refractivity contribution in [2.45, 2.75) is 11.8 Å². The quantitative estimate of drug-likeness (QED) is 0.525. The fourth-order valence-electron chi connectivity index (χ4n) is 2.63. The Morgan fingerprint density at radius 3 is 2.59 bits per heavy atom. The molecule has 0 atom stereocenters. The van der Waals surface area contributed by atoms with Crippen molar-refractivity contribution < 1.29 is 13.2 Å². The van der Waals surface area contributed by atoms with Crippen molar-refractivity contribution in [1.82, 2.24) is 19.5 Å². The van der Waals surface area contributed by atoms with Gasteiger partial charge in [0.05, 0.1) is 4.90 Å². The van der Waals surface area contributed by atoms with Gasteiger partial charge in [0.25, 0.3) is 10.0 Å². The zero-order valence-corrected chi connectivity index (χ0v) is 16.2. The molecule has 2 heterocycles. The van der Waals surface area contributed by atoms with Crippen LogP contribution in [0.3, 0.4) is 0 Å². The predicted molar refractivity (Wildman–Crippen MR) is 108 cm³/mol. The lowest BCUT2D eigenvalue weighted by atomic mass is 10.2. The van der Waals surface area contributed by atoms with Gasteiger partial charge in [-0.3, -0.25) is 9.29 Å². The van der Waals surface area contributed by atoms with Crippen LogP contribution in [0, 0.1) is 6.92 Å². The average molecular weight is 407 g/mol. The van der Waals surface area contributed by atoms with Crippen molar-refractivity contribution in [3.63, 3.8) is 0 Å². The maximum absolute atomic E-state index is 12.5. The molecule has 8 nitrogen and oxygen atoms in total. The standard InChI is InChI=1S/C20H17N5O3S/c1-15-3-2-4-18(11-15)29(26,27)24-16-5-7-17(8-6-16)28-20-12-19(22-13-23-20)25-10-9-21-14-25/h2-14,24H,1H3. The highest BCUT2D eigenvalue weighted by Gasteiger charge is 2.14. The first-order chi connectivity index (χ1) is 14.0. The van der Waals surface area contributed by atoms with E-state index in [2.05, 4.69) is 19.7 Å². The summed E-state index contributed by atoms with van der Waals surface area (Å²) >= 11 is 0. The predicted octanol–water partition coefficient (Wildman–Crippen LogP) is 3.56. The van der Waals surface area contributed by atoms with E-state index < -0.39 is 10.0 Å². The molecule has 0 bridgehead atoms. The van der Waals surface area contributed by atoms with Gasteiger partial charge < -0.3 is 4.74 Å². The molecule has 0 saturated heterocycles. The van der Waals surface area contributed by atoms with Crippen molar-refractivity contribution >= 4 is 15.7 Å². The van der Waals surface area contributed by atoms with Crippen LogP contribution in [0.15, 0.2) is 84.5 Å². The number of hydrogen-bond acceptors (Lipinski definition) is 6. The van der Waals surface area contributed by atoms with Crippen molar-refractivity contribution in [3.05, 3.63) is 85.2 Å². The van der Waals surface area contributed by atoms with Gasteiger partial charge in [0, 0.05) is 24.1 Å². The van der Waals surface area contributed by atoms with Crippen molar-refractivity contribution in [2.24, 2.45) is 0 Å². The third kappa shape index (κ3) is 4.41. The summed E-state index contributed by atoms with van der Waals surface area (Å²) in [6.07, 6.45) is 6.44. The van der Waals surface area contributed by atoms with Gasteiger partial charge >= 0.3 is 0 Å². The van der Waals surface area contributed by atoms with Crippen LogP contribution in [-0.4, -0.2) is 27.9 Å². The third-order valence-electron chi connectivity index (χ3n) is 4.03. The summed E-state index contributed by atoms with van der Waals surface area (Å²) in [5.41, 5.74) is 1.30.